The molecule has 2 rings (SSSR count). The number of carboxylic acids is 1. The highest BCUT2D eigenvalue weighted by atomic mass is 16.5. The van der Waals surface area contributed by atoms with Crippen molar-refractivity contribution < 1.29 is 19.2 Å². The van der Waals surface area contributed by atoms with Crippen molar-refractivity contribution in [2.24, 2.45) is 0 Å². The number of aryl methyl sites for hydroxylation is 2. The van der Waals surface area contributed by atoms with Crippen LogP contribution in [0.1, 0.15) is 53.9 Å². The predicted molar refractivity (Wildman–Crippen MR) is 71.5 cm³/mol. The van der Waals surface area contributed by atoms with Crippen molar-refractivity contribution >= 4 is 11.9 Å². The van der Waals surface area contributed by atoms with Crippen LogP contribution in [0, 0.1) is 13.8 Å². The molecule has 1 heterocycles. The molecule has 110 valence electrons. The molecule has 0 bridgehead atoms. The fourth-order valence-corrected chi connectivity index (χ4v) is 2.98. The Balaban J connectivity index is 2.35. The molecule has 0 atom stereocenters. The predicted octanol–water partition coefficient (Wildman–Crippen LogP) is 2.15. The molecule has 1 fully saturated rings. The maximum absolute atomic E-state index is 12.6. The Hall–Kier alpha value is -1.85. The number of rotatable bonds is 3. The quantitative estimate of drug-likeness (QED) is 0.917. The Morgan fingerprint density at radius 3 is 2.30 bits per heavy atom. The number of carbonyl (C=O) groups excluding carboxylic acids is 1. The first kappa shape index (κ1) is 14.6. The molecule has 6 heteroatoms. The summed E-state index contributed by atoms with van der Waals surface area (Å²) >= 11 is 0. The molecule has 1 aromatic heterocycles. The molecule has 0 aromatic carbocycles. The first-order valence-corrected chi connectivity index (χ1v) is 6.84. The first-order valence-electron chi connectivity index (χ1n) is 6.84. The topological polar surface area (TPSA) is 83.6 Å². The van der Waals surface area contributed by atoms with E-state index in [2.05, 4.69) is 5.16 Å². The Morgan fingerprint density at radius 2 is 1.85 bits per heavy atom. The summed E-state index contributed by atoms with van der Waals surface area (Å²) < 4.78 is 5.00. The SMILES string of the molecule is Cc1noc(C)c1C(=O)N(C)C1(C(=O)O)CCCCC1. The van der Waals surface area contributed by atoms with Crippen molar-refractivity contribution in [2.75, 3.05) is 7.05 Å². The van der Waals surface area contributed by atoms with E-state index in [1.807, 2.05) is 0 Å². The molecule has 20 heavy (non-hydrogen) atoms. The van der Waals surface area contributed by atoms with E-state index < -0.39 is 11.5 Å². The molecule has 0 unspecified atom stereocenters. The first-order chi connectivity index (χ1) is 9.40. The van der Waals surface area contributed by atoms with Crippen LogP contribution in [0.5, 0.6) is 0 Å². The number of aliphatic carboxylic acids is 1. The normalized spacial score (nSPS) is 17.8. The Kier molecular flexibility index (Phi) is 3.83. The Labute approximate surface area is 117 Å². The molecular weight excluding hydrogens is 260 g/mol. The maximum Gasteiger partial charge on any atom is 0.329 e. The molecule has 1 N–H and O–H groups in total. The minimum Gasteiger partial charge on any atom is -0.479 e. The van der Waals surface area contributed by atoms with E-state index in [9.17, 15) is 14.7 Å². The number of likely N-dealkylation sites (N-methyl/N-ethyl adjacent to an activating group) is 1. The van der Waals surface area contributed by atoms with Crippen LogP contribution in [0.4, 0.5) is 0 Å². The lowest BCUT2D eigenvalue weighted by molar-refractivity contribution is -0.151. The summed E-state index contributed by atoms with van der Waals surface area (Å²) in [7, 11) is 1.56. The van der Waals surface area contributed by atoms with Crippen LogP contribution >= 0.6 is 0 Å². The number of hydrogen-bond donors (Lipinski definition) is 1. The summed E-state index contributed by atoms with van der Waals surface area (Å²) in [5, 5.41) is 13.4. The van der Waals surface area contributed by atoms with Crippen LogP contribution in [-0.4, -0.2) is 39.6 Å². The van der Waals surface area contributed by atoms with Gasteiger partial charge in [-0.05, 0) is 26.7 Å². The summed E-state index contributed by atoms with van der Waals surface area (Å²) in [5.74, 6) is -0.832. The fourth-order valence-electron chi connectivity index (χ4n) is 2.98. The largest absolute Gasteiger partial charge is 0.479 e. The fraction of sp³-hybridized carbons (Fsp3) is 0.643. The van der Waals surface area contributed by atoms with Crippen molar-refractivity contribution in [1.82, 2.24) is 10.1 Å². The van der Waals surface area contributed by atoms with Gasteiger partial charge in [0, 0.05) is 7.05 Å². The van der Waals surface area contributed by atoms with E-state index in [-0.39, 0.29) is 5.91 Å². The molecule has 1 saturated carbocycles. The van der Waals surface area contributed by atoms with E-state index in [0.717, 1.165) is 19.3 Å². The molecule has 6 nitrogen and oxygen atoms in total. The molecule has 1 aliphatic carbocycles. The van der Waals surface area contributed by atoms with Gasteiger partial charge < -0.3 is 14.5 Å². The molecule has 0 saturated heterocycles. The lowest BCUT2D eigenvalue weighted by Gasteiger charge is -2.40. The molecule has 1 amide bonds. The van der Waals surface area contributed by atoms with Crippen LogP contribution in [0.2, 0.25) is 0 Å². The standard InChI is InChI=1S/C14H20N2O4/c1-9-11(10(2)20-15-9)12(17)16(3)14(13(18)19)7-5-4-6-8-14/h4-8H2,1-3H3,(H,18,19). The minimum atomic E-state index is -1.11. The smallest absolute Gasteiger partial charge is 0.329 e. The van der Waals surface area contributed by atoms with Crippen molar-refractivity contribution in [3.8, 4) is 0 Å². The highest BCUT2D eigenvalue weighted by molar-refractivity contribution is 5.99. The summed E-state index contributed by atoms with van der Waals surface area (Å²) in [6.07, 6.45) is 3.65. The number of nitrogens with zero attached hydrogens (tertiary/aromatic N) is 2. The van der Waals surface area contributed by atoms with E-state index in [4.69, 9.17) is 4.52 Å². The Bertz CT molecular complexity index is 510. The number of carbonyl (C=O) groups is 2. The summed E-state index contributed by atoms with van der Waals surface area (Å²) in [4.78, 5) is 25.7. The van der Waals surface area contributed by atoms with Crippen molar-refractivity contribution in [1.29, 1.82) is 0 Å². The lowest BCUT2D eigenvalue weighted by atomic mass is 9.80. The summed E-state index contributed by atoms with van der Waals surface area (Å²) in [6.45, 7) is 3.35. The third-order valence-electron chi connectivity index (χ3n) is 4.27. The van der Waals surface area contributed by atoms with Gasteiger partial charge >= 0.3 is 5.97 Å². The lowest BCUT2D eigenvalue weighted by Crippen LogP contribution is -2.56. The van der Waals surface area contributed by atoms with Gasteiger partial charge in [-0.2, -0.15) is 0 Å². The highest BCUT2D eigenvalue weighted by Crippen LogP contribution is 2.34. The van der Waals surface area contributed by atoms with E-state index >= 15 is 0 Å². The zero-order valence-electron chi connectivity index (χ0n) is 12.1. The van der Waals surface area contributed by atoms with E-state index in [1.165, 1.54) is 4.90 Å². The van der Waals surface area contributed by atoms with Crippen molar-refractivity contribution in [3.63, 3.8) is 0 Å². The summed E-state index contributed by atoms with van der Waals surface area (Å²) in [5.41, 5.74) is -0.236. The third kappa shape index (κ3) is 2.19. The van der Waals surface area contributed by atoms with Gasteiger partial charge in [-0.15, -0.1) is 0 Å². The zero-order valence-corrected chi connectivity index (χ0v) is 12.1. The van der Waals surface area contributed by atoms with Gasteiger partial charge in [0.15, 0.2) is 0 Å². The molecule has 0 radical (unpaired) electrons. The second kappa shape index (κ2) is 5.26. The van der Waals surface area contributed by atoms with Crippen LogP contribution in [-0.2, 0) is 4.79 Å². The number of aromatic nitrogens is 1. The number of carboxylic acid groups (broad SMARTS) is 1. The zero-order chi connectivity index (χ0) is 14.9. The van der Waals surface area contributed by atoms with Gasteiger partial charge in [-0.25, -0.2) is 4.79 Å². The van der Waals surface area contributed by atoms with Gasteiger partial charge in [0.1, 0.15) is 16.9 Å². The van der Waals surface area contributed by atoms with E-state index in [0.29, 0.717) is 29.9 Å². The van der Waals surface area contributed by atoms with Crippen LogP contribution in [0.3, 0.4) is 0 Å². The second-order valence-corrected chi connectivity index (χ2v) is 5.46. The third-order valence-corrected chi connectivity index (χ3v) is 4.27. The molecule has 0 aliphatic heterocycles. The molecule has 1 aromatic rings. The van der Waals surface area contributed by atoms with Gasteiger partial charge in [0.2, 0.25) is 0 Å². The summed E-state index contributed by atoms with van der Waals surface area (Å²) in [6, 6.07) is 0. The second-order valence-electron chi connectivity index (χ2n) is 5.46. The number of hydrogen-bond acceptors (Lipinski definition) is 4. The molecule has 1 aliphatic rings. The minimum absolute atomic E-state index is 0.328. The van der Waals surface area contributed by atoms with Crippen LogP contribution < -0.4 is 0 Å². The van der Waals surface area contributed by atoms with Crippen molar-refractivity contribution in [2.45, 2.75) is 51.5 Å². The van der Waals surface area contributed by atoms with Gasteiger partial charge in [0.25, 0.3) is 5.91 Å². The van der Waals surface area contributed by atoms with Crippen molar-refractivity contribution in [3.05, 3.63) is 17.0 Å². The monoisotopic (exact) mass is 280 g/mol. The average molecular weight is 280 g/mol. The highest BCUT2D eigenvalue weighted by Gasteiger charge is 2.46. The Morgan fingerprint density at radius 1 is 1.25 bits per heavy atom. The number of amides is 1. The van der Waals surface area contributed by atoms with Crippen LogP contribution in [0.15, 0.2) is 4.52 Å². The van der Waals surface area contributed by atoms with Gasteiger partial charge in [0.05, 0.1) is 5.69 Å². The van der Waals surface area contributed by atoms with Gasteiger partial charge in [-0.3, -0.25) is 4.79 Å². The molecular formula is C14H20N2O4. The average Bonchev–Trinajstić information content (AvgIpc) is 2.77. The van der Waals surface area contributed by atoms with Gasteiger partial charge in [-0.1, -0.05) is 24.4 Å². The maximum atomic E-state index is 12.6. The van der Waals surface area contributed by atoms with E-state index in [1.54, 1.807) is 20.9 Å². The van der Waals surface area contributed by atoms with Crippen LogP contribution in [0.25, 0.3) is 0 Å². The molecule has 0 spiro atoms.